The number of carbonyl (C=O) groups excluding carboxylic acids is 2. The molecule has 1 aliphatic heterocycles. The fourth-order valence-corrected chi connectivity index (χ4v) is 2.85. The van der Waals surface area contributed by atoms with E-state index >= 15 is 0 Å². The van der Waals surface area contributed by atoms with Gasteiger partial charge in [0.05, 0.1) is 6.04 Å². The second kappa shape index (κ2) is 10.3. The van der Waals surface area contributed by atoms with E-state index in [-0.39, 0.29) is 24.1 Å². The smallest absolute Gasteiger partial charge is 0.410 e. The van der Waals surface area contributed by atoms with Crippen LogP contribution in [0.25, 0.3) is 0 Å². The molecule has 1 atom stereocenters. The van der Waals surface area contributed by atoms with Crippen LogP contribution in [0.15, 0.2) is 29.3 Å². The molecule has 3 N–H and O–H groups in total. The zero-order valence-corrected chi connectivity index (χ0v) is 18.9. The molecular weight excluding hydrogens is 382 g/mol. The highest BCUT2D eigenvalue weighted by molar-refractivity contribution is 5.94. The lowest BCUT2D eigenvalue weighted by atomic mass is 10.1. The van der Waals surface area contributed by atoms with Crippen molar-refractivity contribution < 1.29 is 14.3 Å². The second-order valence-corrected chi connectivity index (χ2v) is 8.64. The largest absolute Gasteiger partial charge is 0.444 e. The first kappa shape index (κ1) is 23.5. The summed E-state index contributed by atoms with van der Waals surface area (Å²) < 4.78 is 5.37. The molecule has 2 rings (SSSR count). The predicted molar refractivity (Wildman–Crippen MR) is 119 cm³/mol. The van der Waals surface area contributed by atoms with Gasteiger partial charge in [-0.05, 0) is 51.8 Å². The van der Waals surface area contributed by atoms with Crippen LogP contribution in [0, 0.1) is 0 Å². The maximum atomic E-state index is 12.3. The van der Waals surface area contributed by atoms with Gasteiger partial charge in [-0.25, -0.2) is 4.79 Å². The van der Waals surface area contributed by atoms with E-state index < -0.39 is 5.60 Å². The van der Waals surface area contributed by atoms with Crippen molar-refractivity contribution >= 4 is 18.0 Å². The normalized spacial score (nSPS) is 15.8. The van der Waals surface area contributed by atoms with Gasteiger partial charge in [0.2, 0.25) is 0 Å². The number of benzene rings is 1. The van der Waals surface area contributed by atoms with Gasteiger partial charge in [0.15, 0.2) is 5.96 Å². The zero-order chi connectivity index (χ0) is 22.3. The Balaban J connectivity index is 1.81. The maximum Gasteiger partial charge on any atom is 0.410 e. The van der Waals surface area contributed by atoms with E-state index in [2.05, 4.69) is 20.9 Å². The molecule has 0 aromatic heterocycles. The minimum absolute atomic E-state index is 0.0644. The molecule has 1 saturated heterocycles. The average Bonchev–Trinajstić information content (AvgIpc) is 2.65. The number of carbonyl (C=O) groups is 2. The van der Waals surface area contributed by atoms with E-state index in [1.165, 1.54) is 0 Å². The highest BCUT2D eigenvalue weighted by atomic mass is 16.6. The maximum absolute atomic E-state index is 12.3. The summed E-state index contributed by atoms with van der Waals surface area (Å²) in [5, 5.41) is 9.54. The number of nitrogens with one attached hydrogen (secondary N) is 3. The molecule has 166 valence electrons. The number of likely N-dealkylation sites (tertiary alicyclic amines) is 1. The number of hydrogen-bond acceptors (Lipinski definition) is 4. The molecule has 0 spiro atoms. The summed E-state index contributed by atoms with van der Waals surface area (Å²) >= 11 is 0. The molecule has 2 amide bonds. The molecule has 0 saturated carbocycles. The van der Waals surface area contributed by atoms with E-state index in [4.69, 9.17) is 4.74 Å². The molecule has 8 heteroatoms. The summed E-state index contributed by atoms with van der Waals surface area (Å²) in [5.41, 5.74) is 1.14. The van der Waals surface area contributed by atoms with E-state index in [0.717, 1.165) is 12.0 Å². The Kier molecular flexibility index (Phi) is 8.08. The van der Waals surface area contributed by atoms with Crippen molar-refractivity contribution in [3.05, 3.63) is 35.4 Å². The summed E-state index contributed by atoms with van der Waals surface area (Å²) in [6, 6.07) is 7.80. The summed E-state index contributed by atoms with van der Waals surface area (Å²) in [6.07, 6.45) is 0.595. The number of guanidine groups is 1. The first-order valence-corrected chi connectivity index (χ1v) is 10.5. The van der Waals surface area contributed by atoms with Gasteiger partial charge in [-0.1, -0.05) is 19.1 Å². The highest BCUT2D eigenvalue weighted by Gasteiger charge is 2.34. The third-order valence-corrected chi connectivity index (χ3v) is 4.74. The van der Waals surface area contributed by atoms with Crippen LogP contribution in [0.4, 0.5) is 4.79 Å². The second-order valence-electron chi connectivity index (χ2n) is 8.64. The van der Waals surface area contributed by atoms with Crippen LogP contribution in [0.3, 0.4) is 0 Å². The first-order valence-electron chi connectivity index (χ1n) is 10.5. The quantitative estimate of drug-likeness (QED) is 0.488. The minimum Gasteiger partial charge on any atom is -0.444 e. The van der Waals surface area contributed by atoms with Crippen LogP contribution in [-0.4, -0.2) is 60.7 Å². The minimum atomic E-state index is -0.493. The molecule has 0 bridgehead atoms. The lowest BCUT2D eigenvalue weighted by Crippen LogP contribution is -2.63. The standard InChI is InChI=1S/C22H35N5O3/c1-7-15(2)25-19(28)17-10-8-9-16(11-17)12-24-20(23-6)26-18-13-27(14-18)21(29)30-22(3,4)5/h8-11,15,18H,7,12-14H2,1-6H3,(H,25,28)(H2,23,24,26). The molecule has 1 aromatic rings. The van der Waals surface area contributed by atoms with Crippen LogP contribution in [-0.2, 0) is 11.3 Å². The van der Waals surface area contributed by atoms with Gasteiger partial charge < -0.3 is 25.6 Å². The summed E-state index contributed by atoms with van der Waals surface area (Å²) in [7, 11) is 1.70. The molecule has 8 nitrogen and oxygen atoms in total. The first-order chi connectivity index (χ1) is 14.1. The zero-order valence-electron chi connectivity index (χ0n) is 18.9. The predicted octanol–water partition coefficient (Wildman–Crippen LogP) is 2.50. The Hall–Kier alpha value is -2.77. The Morgan fingerprint density at radius 3 is 2.60 bits per heavy atom. The molecule has 30 heavy (non-hydrogen) atoms. The van der Waals surface area contributed by atoms with Crippen molar-refractivity contribution in [2.45, 2.75) is 65.3 Å². The molecule has 1 heterocycles. The third kappa shape index (κ3) is 7.24. The van der Waals surface area contributed by atoms with Crippen molar-refractivity contribution in [2.24, 2.45) is 4.99 Å². The average molecular weight is 418 g/mol. The highest BCUT2D eigenvalue weighted by Crippen LogP contribution is 2.15. The van der Waals surface area contributed by atoms with E-state index in [9.17, 15) is 9.59 Å². The van der Waals surface area contributed by atoms with Crippen molar-refractivity contribution in [3.63, 3.8) is 0 Å². The van der Waals surface area contributed by atoms with Crippen molar-refractivity contribution in [1.82, 2.24) is 20.9 Å². The topological polar surface area (TPSA) is 95.1 Å². The van der Waals surface area contributed by atoms with Gasteiger partial charge in [-0.2, -0.15) is 0 Å². The number of nitrogens with zero attached hydrogens (tertiary/aromatic N) is 2. The lowest BCUT2D eigenvalue weighted by molar-refractivity contribution is 0.00700. The Labute approximate surface area is 179 Å². The fourth-order valence-electron chi connectivity index (χ4n) is 2.85. The van der Waals surface area contributed by atoms with Crippen molar-refractivity contribution in [3.8, 4) is 0 Å². The third-order valence-electron chi connectivity index (χ3n) is 4.74. The van der Waals surface area contributed by atoms with Gasteiger partial charge in [-0.3, -0.25) is 9.79 Å². The molecule has 0 radical (unpaired) electrons. The van der Waals surface area contributed by atoms with Gasteiger partial charge in [0.1, 0.15) is 5.60 Å². The number of ether oxygens (including phenoxy) is 1. The van der Waals surface area contributed by atoms with Gasteiger partial charge in [0.25, 0.3) is 5.91 Å². The molecule has 1 aromatic carbocycles. The SMILES string of the molecule is CCC(C)NC(=O)c1cccc(CNC(=NC)NC2CN(C(=O)OC(C)(C)C)C2)c1. The van der Waals surface area contributed by atoms with Gasteiger partial charge in [0, 0.05) is 38.3 Å². The van der Waals surface area contributed by atoms with Crippen molar-refractivity contribution in [1.29, 1.82) is 0 Å². The summed E-state index contributed by atoms with van der Waals surface area (Å²) in [6.45, 7) is 11.3. The van der Waals surface area contributed by atoms with Gasteiger partial charge in [-0.15, -0.1) is 0 Å². The van der Waals surface area contributed by atoms with Crippen LogP contribution in [0.5, 0.6) is 0 Å². The molecule has 1 aliphatic rings. The van der Waals surface area contributed by atoms with Crippen LogP contribution in [0.1, 0.15) is 57.0 Å². The molecule has 0 aliphatic carbocycles. The lowest BCUT2D eigenvalue weighted by Gasteiger charge is -2.40. The number of rotatable bonds is 6. The summed E-state index contributed by atoms with van der Waals surface area (Å²) in [5.74, 6) is 0.587. The van der Waals surface area contributed by atoms with E-state index in [0.29, 0.717) is 31.2 Å². The monoisotopic (exact) mass is 417 g/mol. The van der Waals surface area contributed by atoms with Gasteiger partial charge >= 0.3 is 6.09 Å². The molecule has 1 unspecified atom stereocenters. The van der Waals surface area contributed by atoms with E-state index in [1.807, 2.05) is 58.9 Å². The molecular formula is C22H35N5O3. The summed E-state index contributed by atoms with van der Waals surface area (Å²) in [4.78, 5) is 30.2. The molecule has 1 fully saturated rings. The number of aliphatic imine (C=N–C) groups is 1. The van der Waals surface area contributed by atoms with Crippen LogP contribution >= 0.6 is 0 Å². The Morgan fingerprint density at radius 2 is 2.00 bits per heavy atom. The van der Waals surface area contributed by atoms with Crippen LogP contribution < -0.4 is 16.0 Å². The number of hydrogen-bond donors (Lipinski definition) is 3. The Bertz CT molecular complexity index is 766. The fraction of sp³-hybridized carbons (Fsp3) is 0.591. The number of amides is 2. The van der Waals surface area contributed by atoms with Crippen molar-refractivity contribution in [2.75, 3.05) is 20.1 Å². The Morgan fingerprint density at radius 1 is 1.30 bits per heavy atom. The van der Waals surface area contributed by atoms with Crippen LogP contribution in [0.2, 0.25) is 0 Å². The van der Waals surface area contributed by atoms with E-state index in [1.54, 1.807) is 11.9 Å².